The highest BCUT2D eigenvalue weighted by Gasteiger charge is 2.46. The van der Waals surface area contributed by atoms with Gasteiger partial charge in [-0.3, -0.25) is 0 Å². The van der Waals surface area contributed by atoms with Crippen LogP contribution in [0.25, 0.3) is 0 Å². The monoisotopic (exact) mass is 877 g/mol. The van der Waals surface area contributed by atoms with Crippen molar-refractivity contribution in [1.29, 1.82) is 0 Å². The van der Waals surface area contributed by atoms with E-state index in [1.807, 2.05) is 0 Å². The number of nitrogens with zero attached hydrogens (tertiary/aromatic N) is 2. The average Bonchev–Trinajstić information content (AvgIpc) is 3.36. The highest BCUT2D eigenvalue weighted by molar-refractivity contribution is 7.00. The predicted octanol–water partition coefficient (Wildman–Crippen LogP) is 15.8. The lowest BCUT2D eigenvalue weighted by atomic mass is 9.33. The Balaban J connectivity index is 1.24. The lowest BCUT2D eigenvalue weighted by Crippen LogP contribution is -2.61. The molecule has 67 heavy (non-hydrogen) atoms. The van der Waals surface area contributed by atoms with Crippen LogP contribution in [-0.2, 0) is 16.2 Å². The number of benzene rings is 7. The molecule has 0 N–H and O–H groups in total. The highest BCUT2D eigenvalue weighted by Crippen LogP contribution is 2.50. The van der Waals surface area contributed by atoms with Crippen LogP contribution in [0.5, 0.6) is 0 Å². The van der Waals surface area contributed by atoms with E-state index in [0.717, 1.165) is 0 Å². The first kappa shape index (κ1) is 43.8. The summed E-state index contributed by atoms with van der Waals surface area (Å²) in [5.41, 5.74) is 21.0. The summed E-state index contributed by atoms with van der Waals surface area (Å²) in [7, 11) is 0. The summed E-state index contributed by atoms with van der Waals surface area (Å²) in [6.45, 7) is 16.6. The summed E-state index contributed by atoms with van der Waals surface area (Å²) in [6.07, 6.45) is 13.2. The lowest BCUT2D eigenvalue weighted by Gasteiger charge is -2.46. The van der Waals surface area contributed by atoms with Crippen LogP contribution < -0.4 is 26.2 Å². The fourth-order valence-corrected chi connectivity index (χ4v) is 12.5. The molecule has 0 spiro atoms. The SMILES string of the molecule is CC(C)(C)c1ccc(N2c3ccc(C4CCCCC4)cc3B3c4cc(C(C)(C)C)ccc4N(c4ccc(C5CCCCC5)cc4)c4cc(C(C)(c5ccccc5)c5ccccc5)cc2c43)cc1. The van der Waals surface area contributed by atoms with Gasteiger partial charge in [-0.1, -0.05) is 189 Å². The van der Waals surface area contributed by atoms with Gasteiger partial charge in [-0.15, -0.1) is 0 Å². The lowest BCUT2D eigenvalue weighted by molar-refractivity contribution is 0.443. The van der Waals surface area contributed by atoms with Gasteiger partial charge in [0.05, 0.1) is 0 Å². The first-order chi connectivity index (χ1) is 32.4. The van der Waals surface area contributed by atoms with Gasteiger partial charge in [0.15, 0.2) is 0 Å². The van der Waals surface area contributed by atoms with Crippen LogP contribution in [0.1, 0.15) is 163 Å². The zero-order chi connectivity index (χ0) is 46.1. The van der Waals surface area contributed by atoms with Gasteiger partial charge in [0.1, 0.15) is 0 Å². The van der Waals surface area contributed by atoms with Crippen molar-refractivity contribution in [3.63, 3.8) is 0 Å². The van der Waals surface area contributed by atoms with Crippen LogP contribution >= 0.6 is 0 Å². The molecule has 2 aliphatic heterocycles. The van der Waals surface area contributed by atoms with Crippen LogP contribution in [-0.4, -0.2) is 6.71 Å². The Hall–Kier alpha value is -5.80. The zero-order valence-corrected chi connectivity index (χ0v) is 41.2. The van der Waals surface area contributed by atoms with Gasteiger partial charge in [0, 0.05) is 39.5 Å². The van der Waals surface area contributed by atoms with E-state index in [1.54, 1.807) is 0 Å². The van der Waals surface area contributed by atoms with Crippen molar-refractivity contribution >= 4 is 57.2 Å². The Kier molecular flexibility index (Phi) is 11.1. The molecule has 0 bridgehead atoms. The second-order valence-electron chi connectivity index (χ2n) is 22.8. The highest BCUT2D eigenvalue weighted by atomic mass is 15.2. The summed E-state index contributed by atoms with van der Waals surface area (Å²) < 4.78 is 0. The minimum absolute atomic E-state index is 0.00999. The molecule has 0 radical (unpaired) electrons. The molecule has 0 atom stereocenters. The van der Waals surface area contributed by atoms with Crippen molar-refractivity contribution in [3.05, 3.63) is 197 Å². The van der Waals surface area contributed by atoms with Gasteiger partial charge >= 0.3 is 0 Å². The van der Waals surface area contributed by atoms with Gasteiger partial charge in [-0.05, 0) is 159 Å². The number of hydrogen-bond acceptors (Lipinski definition) is 2. The number of anilines is 6. The van der Waals surface area contributed by atoms with Gasteiger partial charge in [-0.25, -0.2) is 0 Å². The van der Waals surface area contributed by atoms with E-state index in [-0.39, 0.29) is 17.5 Å². The Morgan fingerprint density at radius 3 is 1.31 bits per heavy atom. The normalized spacial score (nSPS) is 16.7. The van der Waals surface area contributed by atoms with Gasteiger partial charge in [0.25, 0.3) is 6.71 Å². The zero-order valence-electron chi connectivity index (χ0n) is 41.2. The Labute approximate surface area is 402 Å². The molecular weight excluding hydrogens is 808 g/mol. The molecule has 0 aromatic heterocycles. The third-order valence-electron chi connectivity index (χ3n) is 16.5. The molecule has 7 aromatic carbocycles. The third kappa shape index (κ3) is 7.75. The molecule has 2 fully saturated rings. The summed E-state index contributed by atoms with van der Waals surface area (Å²) in [4.78, 5) is 5.29. The van der Waals surface area contributed by atoms with Crippen LogP contribution in [0.2, 0.25) is 0 Å². The van der Waals surface area contributed by atoms with Gasteiger partial charge < -0.3 is 9.80 Å². The van der Waals surface area contributed by atoms with Crippen molar-refractivity contribution in [2.75, 3.05) is 9.80 Å². The molecule has 0 amide bonds. The molecule has 0 unspecified atom stereocenters. The topological polar surface area (TPSA) is 6.48 Å². The van der Waals surface area contributed by atoms with Crippen molar-refractivity contribution in [2.24, 2.45) is 0 Å². The number of fused-ring (bicyclic) bond motifs is 4. The second-order valence-corrected chi connectivity index (χ2v) is 22.8. The van der Waals surface area contributed by atoms with Crippen molar-refractivity contribution in [2.45, 2.75) is 141 Å². The van der Waals surface area contributed by atoms with E-state index in [4.69, 9.17) is 0 Å². The van der Waals surface area contributed by atoms with Crippen LogP contribution in [0.3, 0.4) is 0 Å². The summed E-state index contributed by atoms with van der Waals surface area (Å²) in [5, 5.41) is 0. The molecule has 3 heteroatoms. The molecule has 4 aliphatic rings. The van der Waals surface area contributed by atoms with E-state index in [2.05, 4.69) is 216 Å². The summed E-state index contributed by atoms with van der Waals surface area (Å²) in [6, 6.07) is 62.1. The van der Waals surface area contributed by atoms with Crippen LogP contribution in [0.15, 0.2) is 158 Å². The molecule has 0 saturated heterocycles. The van der Waals surface area contributed by atoms with E-state index in [0.29, 0.717) is 11.8 Å². The first-order valence-corrected chi connectivity index (χ1v) is 25.8. The quantitative estimate of drug-likeness (QED) is 0.116. The maximum atomic E-state index is 2.66. The molecule has 2 saturated carbocycles. The predicted molar refractivity (Wildman–Crippen MR) is 288 cm³/mol. The van der Waals surface area contributed by atoms with E-state index in [9.17, 15) is 0 Å². The Morgan fingerprint density at radius 1 is 0.373 bits per heavy atom. The summed E-state index contributed by atoms with van der Waals surface area (Å²) >= 11 is 0. The van der Waals surface area contributed by atoms with Crippen molar-refractivity contribution in [1.82, 2.24) is 0 Å². The maximum Gasteiger partial charge on any atom is 0.252 e. The first-order valence-electron chi connectivity index (χ1n) is 25.8. The minimum Gasteiger partial charge on any atom is -0.311 e. The van der Waals surface area contributed by atoms with Gasteiger partial charge in [0.2, 0.25) is 0 Å². The smallest absolute Gasteiger partial charge is 0.252 e. The molecule has 11 rings (SSSR count). The molecule has 2 heterocycles. The Morgan fingerprint density at radius 2 is 0.806 bits per heavy atom. The number of hydrogen-bond donors (Lipinski definition) is 0. The largest absolute Gasteiger partial charge is 0.311 e. The van der Waals surface area contributed by atoms with Crippen molar-refractivity contribution < 1.29 is 0 Å². The molecule has 338 valence electrons. The number of rotatable bonds is 7. The maximum absolute atomic E-state index is 2.66. The molecule has 2 nitrogen and oxygen atoms in total. The molecular formula is C64H69BN2. The minimum atomic E-state index is -0.455. The average molecular weight is 877 g/mol. The van der Waals surface area contributed by atoms with E-state index >= 15 is 0 Å². The standard InChI is InChI=1S/C64H69BN2/c1-62(2,3)48-31-36-54(37-32-48)67-57-38-30-47(45-22-14-9-15-23-45)40-55(57)65-56-41-51(63(4,5)6)33-39-58(56)66(53-34-28-46(29-35-53)44-20-12-8-13-21-44)59-42-52(43-60(67)61(59)65)64(7,49-24-16-10-17-25-49)50-26-18-11-19-27-50/h10-11,16-19,24-45H,8-9,12-15,20-23H2,1-7H3. The summed E-state index contributed by atoms with van der Waals surface area (Å²) in [5.74, 6) is 1.25. The third-order valence-corrected chi connectivity index (χ3v) is 16.5. The van der Waals surface area contributed by atoms with Crippen LogP contribution in [0.4, 0.5) is 34.1 Å². The second kappa shape index (κ2) is 17.1. The molecule has 7 aromatic rings. The fourth-order valence-electron chi connectivity index (χ4n) is 12.5. The van der Waals surface area contributed by atoms with Crippen molar-refractivity contribution in [3.8, 4) is 0 Å². The Bertz CT molecular complexity index is 2850. The fraction of sp³-hybridized carbons (Fsp3) is 0.344. The van der Waals surface area contributed by atoms with E-state index in [1.165, 1.54) is 154 Å². The van der Waals surface area contributed by atoms with E-state index < -0.39 is 5.41 Å². The van der Waals surface area contributed by atoms with Gasteiger partial charge in [-0.2, -0.15) is 0 Å². The van der Waals surface area contributed by atoms with Crippen LogP contribution in [0, 0.1) is 0 Å². The molecule has 2 aliphatic carbocycles.